The van der Waals surface area contributed by atoms with E-state index in [0.717, 1.165) is 27.3 Å². The highest BCUT2D eigenvalue weighted by molar-refractivity contribution is 5.64. The van der Waals surface area contributed by atoms with Gasteiger partial charge in [0.1, 0.15) is 11.6 Å². The monoisotopic (exact) mass is 541 g/mol. The van der Waals surface area contributed by atoms with E-state index in [1.165, 1.54) is 13.0 Å². The maximum absolute atomic E-state index is 14.7. The molecule has 3 aromatic carbocycles. The maximum atomic E-state index is 14.7. The fourth-order valence-electron chi connectivity index (χ4n) is 4.76. The molecule has 2 N–H and O–H groups in total. The quantitative estimate of drug-likeness (QED) is 0.299. The Morgan fingerprint density at radius 1 is 0.923 bits per heavy atom. The second-order valence-electron chi connectivity index (χ2n) is 9.10. The molecule has 4 aromatic rings. The number of rotatable bonds is 8. The molecule has 1 atom stereocenters. The van der Waals surface area contributed by atoms with Crippen LogP contribution in [0, 0.1) is 12.7 Å². The molecule has 10 heteroatoms. The molecule has 6 nitrogen and oxygen atoms in total. The number of hydrogen-bond acceptors (Lipinski definition) is 4. The van der Waals surface area contributed by atoms with Gasteiger partial charge < -0.3 is 10.4 Å². The van der Waals surface area contributed by atoms with E-state index in [1.807, 2.05) is 0 Å². The standard InChI is InChI=1S/C29H27F4N3O3/c1-18-26(19-9-4-3-5-10-19)27(38)35(16-15-24(34-2)20-11-6-7-14-25(20)37)28(39)36(18)17-21-22(29(31,32)33)12-8-13-23(21)30/h3-14,24,34,37H,15-17H2,1-2H3/t24-/m0/s1. The minimum Gasteiger partial charge on any atom is -0.508 e. The zero-order chi connectivity index (χ0) is 28.3. The van der Waals surface area contributed by atoms with Crippen LogP contribution in [0.25, 0.3) is 11.1 Å². The van der Waals surface area contributed by atoms with Crippen molar-refractivity contribution in [2.24, 2.45) is 0 Å². The van der Waals surface area contributed by atoms with Crippen molar-refractivity contribution in [3.05, 3.63) is 122 Å². The first kappa shape index (κ1) is 27.8. The average Bonchev–Trinajstić information content (AvgIpc) is 2.90. The Balaban J connectivity index is 1.87. The molecule has 0 amide bonds. The summed E-state index contributed by atoms with van der Waals surface area (Å²) in [6.07, 6.45) is -4.64. The van der Waals surface area contributed by atoms with Crippen LogP contribution in [0.15, 0.2) is 82.4 Å². The molecule has 0 bridgehead atoms. The molecule has 0 aliphatic heterocycles. The van der Waals surface area contributed by atoms with Crippen LogP contribution in [0.5, 0.6) is 5.75 Å². The fraction of sp³-hybridized carbons (Fsp3) is 0.241. The Morgan fingerprint density at radius 2 is 1.59 bits per heavy atom. The van der Waals surface area contributed by atoms with Gasteiger partial charge in [-0.25, -0.2) is 9.18 Å². The average molecular weight is 542 g/mol. The number of nitrogens with one attached hydrogen (secondary N) is 1. The van der Waals surface area contributed by atoms with Crippen molar-refractivity contribution in [2.45, 2.75) is 38.7 Å². The van der Waals surface area contributed by atoms with Crippen LogP contribution >= 0.6 is 0 Å². The number of halogens is 4. The molecule has 4 rings (SSSR count). The van der Waals surface area contributed by atoms with Crippen LogP contribution in [0.2, 0.25) is 0 Å². The van der Waals surface area contributed by atoms with Gasteiger partial charge in [0, 0.05) is 29.4 Å². The summed E-state index contributed by atoms with van der Waals surface area (Å²) in [6, 6.07) is 17.3. The molecular weight excluding hydrogens is 514 g/mol. The van der Waals surface area contributed by atoms with Gasteiger partial charge in [0.2, 0.25) is 0 Å². The second kappa shape index (κ2) is 11.3. The van der Waals surface area contributed by atoms with Crippen LogP contribution in [0.1, 0.15) is 34.8 Å². The summed E-state index contributed by atoms with van der Waals surface area (Å²) in [5, 5.41) is 13.3. The first-order valence-electron chi connectivity index (χ1n) is 12.2. The molecule has 1 heterocycles. The lowest BCUT2D eigenvalue weighted by Gasteiger charge is -2.21. The van der Waals surface area contributed by atoms with Gasteiger partial charge in [0.25, 0.3) is 5.56 Å². The van der Waals surface area contributed by atoms with E-state index in [9.17, 15) is 32.3 Å². The molecule has 0 fully saturated rings. The number of alkyl halides is 3. The normalized spacial score (nSPS) is 12.5. The van der Waals surface area contributed by atoms with Crippen molar-refractivity contribution < 1.29 is 22.7 Å². The van der Waals surface area contributed by atoms with E-state index >= 15 is 0 Å². The highest BCUT2D eigenvalue weighted by Gasteiger charge is 2.35. The van der Waals surface area contributed by atoms with Gasteiger partial charge in [-0.2, -0.15) is 13.2 Å². The van der Waals surface area contributed by atoms with Crippen molar-refractivity contribution in [2.75, 3.05) is 7.05 Å². The zero-order valence-corrected chi connectivity index (χ0v) is 21.3. The molecule has 39 heavy (non-hydrogen) atoms. The molecular formula is C29H27F4N3O3. The highest BCUT2D eigenvalue weighted by atomic mass is 19.4. The van der Waals surface area contributed by atoms with Gasteiger partial charge in [0.05, 0.1) is 17.7 Å². The first-order valence-corrected chi connectivity index (χ1v) is 12.2. The summed E-state index contributed by atoms with van der Waals surface area (Å²) in [4.78, 5) is 27.3. The van der Waals surface area contributed by atoms with Crippen LogP contribution in [-0.2, 0) is 19.3 Å². The largest absolute Gasteiger partial charge is 0.508 e. The Bertz CT molecular complexity index is 1590. The topological polar surface area (TPSA) is 76.3 Å². The van der Waals surface area contributed by atoms with Crippen molar-refractivity contribution in [1.29, 1.82) is 0 Å². The van der Waals surface area contributed by atoms with Crippen LogP contribution in [-0.4, -0.2) is 21.3 Å². The lowest BCUT2D eigenvalue weighted by Crippen LogP contribution is -2.43. The third kappa shape index (κ3) is 5.65. The number of phenolic OH excluding ortho intramolecular Hbond substituents is 1. The Kier molecular flexibility index (Phi) is 8.06. The van der Waals surface area contributed by atoms with Crippen molar-refractivity contribution in [3.8, 4) is 16.9 Å². The number of para-hydroxylation sites is 1. The smallest absolute Gasteiger partial charge is 0.416 e. The van der Waals surface area contributed by atoms with Gasteiger partial charge in [0.15, 0.2) is 0 Å². The van der Waals surface area contributed by atoms with Gasteiger partial charge in [-0.3, -0.25) is 13.9 Å². The Hall–Kier alpha value is -4.18. The van der Waals surface area contributed by atoms with Crippen LogP contribution in [0.4, 0.5) is 17.6 Å². The minimum atomic E-state index is -4.84. The van der Waals surface area contributed by atoms with E-state index in [0.29, 0.717) is 11.1 Å². The number of aromatic hydroxyl groups is 1. The van der Waals surface area contributed by atoms with E-state index in [-0.39, 0.29) is 30.0 Å². The molecule has 0 saturated heterocycles. The number of hydrogen-bond donors (Lipinski definition) is 2. The minimum absolute atomic E-state index is 0.0368. The summed E-state index contributed by atoms with van der Waals surface area (Å²) in [6.45, 7) is 0.629. The van der Waals surface area contributed by atoms with Crippen molar-refractivity contribution >= 4 is 0 Å². The van der Waals surface area contributed by atoms with E-state index in [4.69, 9.17) is 0 Å². The van der Waals surface area contributed by atoms with E-state index < -0.39 is 47.0 Å². The van der Waals surface area contributed by atoms with Crippen molar-refractivity contribution in [3.63, 3.8) is 0 Å². The predicted molar refractivity (Wildman–Crippen MR) is 140 cm³/mol. The van der Waals surface area contributed by atoms with Gasteiger partial charge in [-0.05, 0) is 44.2 Å². The van der Waals surface area contributed by atoms with Gasteiger partial charge >= 0.3 is 11.9 Å². The lowest BCUT2D eigenvalue weighted by atomic mass is 10.0. The summed E-state index contributed by atoms with van der Waals surface area (Å²) in [7, 11) is 1.67. The Morgan fingerprint density at radius 3 is 2.23 bits per heavy atom. The van der Waals surface area contributed by atoms with E-state index in [2.05, 4.69) is 5.32 Å². The summed E-state index contributed by atoms with van der Waals surface area (Å²) in [5.74, 6) is -1.07. The highest BCUT2D eigenvalue weighted by Crippen LogP contribution is 2.34. The molecule has 0 aliphatic rings. The SMILES string of the molecule is CN[C@@H](CCn1c(=O)c(-c2ccccc2)c(C)n(Cc2c(F)cccc2C(F)(F)F)c1=O)c1ccccc1O. The Labute approximate surface area is 221 Å². The molecule has 204 valence electrons. The van der Waals surface area contributed by atoms with Crippen LogP contribution in [0.3, 0.4) is 0 Å². The molecule has 0 unspecified atom stereocenters. The zero-order valence-electron chi connectivity index (χ0n) is 21.3. The summed E-state index contributed by atoms with van der Waals surface area (Å²) in [5.41, 5.74) is -2.08. The second-order valence-corrected chi connectivity index (χ2v) is 9.10. The lowest BCUT2D eigenvalue weighted by molar-refractivity contribution is -0.138. The third-order valence-electron chi connectivity index (χ3n) is 6.79. The molecule has 0 saturated carbocycles. The summed E-state index contributed by atoms with van der Waals surface area (Å²) < 4.78 is 57.9. The first-order chi connectivity index (χ1) is 18.5. The third-order valence-corrected chi connectivity index (χ3v) is 6.79. The molecule has 0 aliphatic carbocycles. The fourth-order valence-corrected chi connectivity index (χ4v) is 4.76. The number of aromatic nitrogens is 2. The molecule has 1 aromatic heterocycles. The van der Waals surface area contributed by atoms with Crippen molar-refractivity contribution in [1.82, 2.24) is 14.5 Å². The maximum Gasteiger partial charge on any atom is 0.416 e. The van der Waals surface area contributed by atoms with E-state index in [1.54, 1.807) is 55.6 Å². The van der Waals surface area contributed by atoms with Crippen LogP contribution < -0.4 is 16.6 Å². The number of benzene rings is 3. The van der Waals surface area contributed by atoms with Gasteiger partial charge in [-0.15, -0.1) is 0 Å². The number of phenols is 1. The number of nitrogens with zero attached hydrogens (tertiary/aromatic N) is 2. The molecule has 0 radical (unpaired) electrons. The predicted octanol–water partition coefficient (Wildman–Crippen LogP) is 5.25. The van der Waals surface area contributed by atoms with Gasteiger partial charge in [-0.1, -0.05) is 54.6 Å². The summed E-state index contributed by atoms with van der Waals surface area (Å²) >= 11 is 0. The molecule has 0 spiro atoms.